The van der Waals surface area contributed by atoms with Crippen LogP contribution in [0.15, 0.2) is 48.5 Å². The Morgan fingerprint density at radius 3 is 2.42 bits per heavy atom. The zero-order valence-corrected chi connectivity index (χ0v) is 15.9. The molecule has 0 aliphatic heterocycles. The number of halogens is 2. The third-order valence-electron chi connectivity index (χ3n) is 3.57. The lowest BCUT2D eigenvalue weighted by atomic mass is 10.1. The molecule has 2 aromatic carbocycles. The fraction of sp³-hybridized carbons (Fsp3) is 0.263. The van der Waals surface area contributed by atoms with E-state index in [0.717, 1.165) is 5.56 Å². The molecule has 7 heteroatoms. The predicted molar refractivity (Wildman–Crippen MR) is 101 cm³/mol. The molecule has 26 heavy (non-hydrogen) atoms. The van der Waals surface area contributed by atoms with Gasteiger partial charge < -0.3 is 14.8 Å². The molecule has 1 amide bonds. The van der Waals surface area contributed by atoms with Gasteiger partial charge in [0.15, 0.2) is 12.7 Å². The first kappa shape index (κ1) is 20.1. The first-order valence-corrected chi connectivity index (χ1v) is 8.75. The van der Waals surface area contributed by atoms with E-state index in [1.165, 1.54) is 6.92 Å². The summed E-state index contributed by atoms with van der Waals surface area (Å²) in [5.74, 6) is -0.516. The summed E-state index contributed by atoms with van der Waals surface area (Å²) in [5, 5.41) is 3.71. The van der Waals surface area contributed by atoms with Crippen molar-refractivity contribution in [3.8, 4) is 5.75 Å². The van der Waals surface area contributed by atoms with Gasteiger partial charge in [-0.25, -0.2) is 4.79 Å². The molecule has 0 aliphatic carbocycles. The van der Waals surface area contributed by atoms with Gasteiger partial charge in [0.05, 0.1) is 6.04 Å². The van der Waals surface area contributed by atoms with Crippen LogP contribution in [0.25, 0.3) is 0 Å². The zero-order chi connectivity index (χ0) is 19.1. The van der Waals surface area contributed by atoms with Crippen molar-refractivity contribution in [1.29, 1.82) is 0 Å². The summed E-state index contributed by atoms with van der Waals surface area (Å²) in [6.07, 6.45) is -0.963. The van der Waals surface area contributed by atoms with Gasteiger partial charge in [-0.1, -0.05) is 47.5 Å². The third-order valence-corrected chi connectivity index (χ3v) is 4.13. The summed E-state index contributed by atoms with van der Waals surface area (Å²) >= 11 is 12.0. The number of carbonyl (C=O) groups excluding carboxylic acids is 2. The minimum atomic E-state index is -0.963. The Bertz CT molecular complexity index is 767. The van der Waals surface area contributed by atoms with E-state index >= 15 is 0 Å². The molecule has 0 bridgehead atoms. The standard InChI is InChI=1S/C19H19Cl2NO4/c1-12(16-9-8-14(20)10-17(16)21)22-19(24)13(2)26-18(23)11-25-15-6-4-3-5-7-15/h3-10,12-13H,11H2,1-2H3,(H,22,24)/t12-,13+/m0/s1. The Morgan fingerprint density at radius 2 is 1.77 bits per heavy atom. The number of ether oxygens (including phenoxy) is 2. The van der Waals surface area contributed by atoms with Gasteiger partial charge in [-0.05, 0) is 43.7 Å². The molecule has 0 heterocycles. The lowest BCUT2D eigenvalue weighted by molar-refractivity contribution is -0.156. The molecular weight excluding hydrogens is 377 g/mol. The Hall–Kier alpha value is -2.24. The van der Waals surface area contributed by atoms with Gasteiger partial charge in [0.25, 0.3) is 5.91 Å². The predicted octanol–water partition coefficient (Wildman–Crippen LogP) is 4.18. The molecule has 138 valence electrons. The van der Waals surface area contributed by atoms with Crippen molar-refractivity contribution in [2.75, 3.05) is 6.61 Å². The molecule has 0 aliphatic rings. The van der Waals surface area contributed by atoms with Crippen LogP contribution in [-0.2, 0) is 14.3 Å². The Labute approximate surface area is 162 Å². The normalized spacial score (nSPS) is 12.8. The van der Waals surface area contributed by atoms with E-state index in [-0.39, 0.29) is 12.6 Å². The second-order valence-electron chi connectivity index (χ2n) is 5.63. The molecule has 0 spiro atoms. The second-order valence-corrected chi connectivity index (χ2v) is 6.47. The van der Waals surface area contributed by atoms with Gasteiger partial charge in [-0.2, -0.15) is 0 Å². The molecule has 2 atom stereocenters. The molecule has 0 radical (unpaired) electrons. The average molecular weight is 396 g/mol. The van der Waals surface area contributed by atoms with Crippen molar-refractivity contribution in [2.24, 2.45) is 0 Å². The highest BCUT2D eigenvalue weighted by molar-refractivity contribution is 6.35. The van der Waals surface area contributed by atoms with Crippen LogP contribution in [0.5, 0.6) is 5.75 Å². The molecule has 5 nitrogen and oxygen atoms in total. The number of esters is 1. The Balaban J connectivity index is 1.83. The van der Waals surface area contributed by atoms with Crippen LogP contribution in [0.1, 0.15) is 25.5 Å². The SMILES string of the molecule is C[C@H](NC(=O)[C@@H](C)OC(=O)COc1ccccc1)c1ccc(Cl)cc1Cl. The maximum absolute atomic E-state index is 12.2. The van der Waals surface area contributed by atoms with E-state index in [9.17, 15) is 9.59 Å². The van der Waals surface area contributed by atoms with E-state index in [1.807, 2.05) is 6.07 Å². The largest absolute Gasteiger partial charge is 0.482 e. The van der Waals surface area contributed by atoms with E-state index in [2.05, 4.69) is 5.32 Å². The van der Waals surface area contributed by atoms with Gasteiger partial charge in [0, 0.05) is 10.0 Å². The molecule has 2 aromatic rings. The quantitative estimate of drug-likeness (QED) is 0.714. The van der Waals surface area contributed by atoms with Crippen molar-refractivity contribution in [3.05, 3.63) is 64.1 Å². The van der Waals surface area contributed by atoms with Gasteiger partial charge in [-0.3, -0.25) is 4.79 Å². The van der Waals surface area contributed by atoms with Crippen molar-refractivity contribution in [1.82, 2.24) is 5.32 Å². The molecule has 1 N–H and O–H groups in total. The van der Waals surface area contributed by atoms with Crippen LogP contribution in [0.3, 0.4) is 0 Å². The number of hydrogen-bond donors (Lipinski definition) is 1. The smallest absolute Gasteiger partial charge is 0.344 e. The summed E-state index contributed by atoms with van der Waals surface area (Å²) in [6, 6.07) is 13.5. The maximum Gasteiger partial charge on any atom is 0.344 e. The van der Waals surface area contributed by atoms with Gasteiger partial charge >= 0.3 is 5.97 Å². The van der Waals surface area contributed by atoms with Crippen molar-refractivity contribution in [2.45, 2.75) is 26.0 Å². The highest BCUT2D eigenvalue weighted by Crippen LogP contribution is 2.26. The molecule has 0 unspecified atom stereocenters. The van der Waals surface area contributed by atoms with Crippen molar-refractivity contribution < 1.29 is 19.1 Å². The monoisotopic (exact) mass is 395 g/mol. The van der Waals surface area contributed by atoms with Crippen LogP contribution in [-0.4, -0.2) is 24.6 Å². The number of nitrogens with one attached hydrogen (secondary N) is 1. The minimum absolute atomic E-state index is 0.278. The number of amides is 1. The van der Waals surface area contributed by atoms with Gasteiger partial charge in [-0.15, -0.1) is 0 Å². The van der Waals surface area contributed by atoms with Crippen LogP contribution in [0, 0.1) is 0 Å². The minimum Gasteiger partial charge on any atom is -0.482 e. The summed E-state index contributed by atoms with van der Waals surface area (Å²) < 4.78 is 10.4. The molecule has 0 saturated carbocycles. The fourth-order valence-electron chi connectivity index (χ4n) is 2.20. The van der Waals surface area contributed by atoms with E-state index in [0.29, 0.717) is 15.8 Å². The first-order chi connectivity index (χ1) is 12.4. The van der Waals surface area contributed by atoms with E-state index < -0.39 is 18.0 Å². The zero-order valence-electron chi connectivity index (χ0n) is 14.4. The summed E-state index contributed by atoms with van der Waals surface area (Å²) in [7, 11) is 0. The van der Waals surface area contributed by atoms with E-state index in [4.69, 9.17) is 32.7 Å². The second kappa shape index (κ2) is 9.46. The number of hydrogen-bond acceptors (Lipinski definition) is 4. The lowest BCUT2D eigenvalue weighted by Gasteiger charge is -2.19. The summed E-state index contributed by atoms with van der Waals surface area (Å²) in [6.45, 7) is 2.99. The van der Waals surface area contributed by atoms with Crippen LogP contribution in [0.4, 0.5) is 0 Å². The number of para-hydroxylation sites is 1. The fourth-order valence-corrected chi connectivity index (χ4v) is 2.78. The summed E-state index contributed by atoms with van der Waals surface area (Å²) in [5.41, 5.74) is 0.718. The number of carbonyl (C=O) groups is 2. The Kier molecular flexibility index (Phi) is 7.30. The Morgan fingerprint density at radius 1 is 1.08 bits per heavy atom. The highest BCUT2D eigenvalue weighted by atomic mass is 35.5. The molecule has 0 aromatic heterocycles. The highest BCUT2D eigenvalue weighted by Gasteiger charge is 2.21. The summed E-state index contributed by atoms with van der Waals surface area (Å²) in [4.78, 5) is 24.0. The van der Waals surface area contributed by atoms with E-state index in [1.54, 1.807) is 49.4 Å². The average Bonchev–Trinajstić information content (AvgIpc) is 2.60. The molecular formula is C19H19Cl2NO4. The van der Waals surface area contributed by atoms with Crippen LogP contribution >= 0.6 is 23.2 Å². The first-order valence-electron chi connectivity index (χ1n) is 7.99. The van der Waals surface area contributed by atoms with Gasteiger partial charge in [0.1, 0.15) is 5.75 Å². The van der Waals surface area contributed by atoms with Crippen molar-refractivity contribution >= 4 is 35.1 Å². The van der Waals surface area contributed by atoms with Crippen LogP contribution in [0.2, 0.25) is 10.0 Å². The molecule has 2 rings (SSSR count). The topological polar surface area (TPSA) is 64.6 Å². The van der Waals surface area contributed by atoms with Crippen LogP contribution < -0.4 is 10.1 Å². The number of benzene rings is 2. The van der Waals surface area contributed by atoms with Gasteiger partial charge in [0.2, 0.25) is 0 Å². The van der Waals surface area contributed by atoms with Crippen molar-refractivity contribution in [3.63, 3.8) is 0 Å². The number of rotatable bonds is 7. The maximum atomic E-state index is 12.2. The lowest BCUT2D eigenvalue weighted by Crippen LogP contribution is -2.38. The molecule has 0 saturated heterocycles. The molecule has 0 fully saturated rings. The third kappa shape index (κ3) is 5.93.